The minimum absolute atomic E-state index is 0.0912. The molecule has 28 heavy (non-hydrogen) atoms. The summed E-state index contributed by atoms with van der Waals surface area (Å²) in [4.78, 5) is 12.4. The van der Waals surface area contributed by atoms with Crippen molar-refractivity contribution >= 4 is 5.97 Å². The van der Waals surface area contributed by atoms with Crippen molar-refractivity contribution in [2.45, 2.75) is 78.1 Å². The van der Waals surface area contributed by atoms with Gasteiger partial charge < -0.3 is 4.74 Å². The molecule has 0 aromatic heterocycles. The van der Waals surface area contributed by atoms with Gasteiger partial charge in [0.1, 0.15) is 0 Å². The summed E-state index contributed by atoms with van der Waals surface area (Å²) in [5, 5.41) is 0. The minimum Gasteiger partial charge on any atom is -0.466 e. The van der Waals surface area contributed by atoms with Crippen LogP contribution < -0.4 is 0 Å². The fourth-order valence-corrected chi connectivity index (χ4v) is 10.8. The van der Waals surface area contributed by atoms with Crippen molar-refractivity contribution in [1.82, 2.24) is 0 Å². The molecule has 3 atom stereocenters. The number of esters is 1. The number of carbonyl (C=O) groups is 1. The summed E-state index contributed by atoms with van der Waals surface area (Å²) in [6, 6.07) is 0. The first-order valence-electron chi connectivity index (χ1n) is 12.2. The molecule has 2 nitrogen and oxygen atoms in total. The second-order valence-corrected chi connectivity index (χ2v) is 12.1. The van der Waals surface area contributed by atoms with Crippen LogP contribution in [0.15, 0.2) is 11.1 Å². The van der Waals surface area contributed by atoms with Gasteiger partial charge >= 0.3 is 5.97 Å². The van der Waals surface area contributed by atoms with Crippen LogP contribution in [0.1, 0.15) is 78.1 Å². The summed E-state index contributed by atoms with van der Waals surface area (Å²) in [7, 11) is 1.55. The van der Waals surface area contributed by atoms with Gasteiger partial charge in [0.2, 0.25) is 0 Å². The highest BCUT2D eigenvalue weighted by Gasteiger charge is 2.65. The van der Waals surface area contributed by atoms with Gasteiger partial charge in [-0.2, -0.15) is 0 Å². The molecule has 2 heteroatoms. The van der Waals surface area contributed by atoms with E-state index in [1.807, 2.05) is 6.92 Å². The van der Waals surface area contributed by atoms with Crippen LogP contribution in [0.4, 0.5) is 0 Å². The van der Waals surface area contributed by atoms with E-state index in [-0.39, 0.29) is 5.97 Å². The molecule has 0 saturated heterocycles. The summed E-state index contributed by atoms with van der Waals surface area (Å²) < 4.78 is 5.15. The largest absolute Gasteiger partial charge is 0.466 e. The first-order valence-corrected chi connectivity index (χ1v) is 12.2. The average molecular weight is 383 g/mol. The summed E-state index contributed by atoms with van der Waals surface area (Å²) >= 11 is 0. The van der Waals surface area contributed by atoms with E-state index < -0.39 is 0 Å². The molecule has 8 aliphatic rings. The maximum absolute atomic E-state index is 12.4. The van der Waals surface area contributed by atoms with Crippen molar-refractivity contribution in [3.05, 3.63) is 11.1 Å². The maximum atomic E-state index is 12.4. The number of hydrogen-bond donors (Lipinski definition) is 0. The van der Waals surface area contributed by atoms with Crippen LogP contribution in [-0.4, -0.2) is 13.1 Å². The van der Waals surface area contributed by atoms with Crippen LogP contribution in [0.3, 0.4) is 0 Å². The van der Waals surface area contributed by atoms with Crippen molar-refractivity contribution in [2.24, 2.45) is 58.7 Å². The smallest absolute Gasteiger partial charge is 0.333 e. The van der Waals surface area contributed by atoms with Crippen molar-refractivity contribution < 1.29 is 9.53 Å². The van der Waals surface area contributed by atoms with E-state index in [0.29, 0.717) is 11.3 Å². The Morgan fingerprint density at radius 3 is 1.79 bits per heavy atom. The highest BCUT2D eigenvalue weighted by atomic mass is 16.5. The predicted octanol–water partition coefficient (Wildman–Crippen LogP) is 6.01. The zero-order chi connectivity index (χ0) is 19.2. The van der Waals surface area contributed by atoms with Crippen molar-refractivity contribution in [2.75, 3.05) is 7.11 Å². The number of methoxy groups -OCH3 is 1. The van der Waals surface area contributed by atoms with Crippen LogP contribution >= 0.6 is 0 Å². The Kier molecular flexibility index (Phi) is 3.93. The standard InChI is InChI=1S/C26H38O2/c1-14(15(2)25(27)28-3)23-20-10-18-5-19(11-20)13-26(23,12-18)24-21-6-16-4-17(8-21)9-22(24)7-16/h16-24H,4-13H2,1-3H3. The van der Waals surface area contributed by atoms with E-state index >= 15 is 0 Å². The molecule has 0 amide bonds. The summed E-state index contributed by atoms with van der Waals surface area (Å²) in [5.74, 6) is 8.44. The third-order valence-corrected chi connectivity index (χ3v) is 10.8. The van der Waals surface area contributed by atoms with Crippen LogP contribution in [-0.2, 0) is 9.53 Å². The predicted molar refractivity (Wildman–Crippen MR) is 110 cm³/mol. The zero-order valence-corrected chi connectivity index (χ0v) is 18.1. The number of ether oxygens (including phenoxy) is 1. The molecule has 154 valence electrons. The van der Waals surface area contributed by atoms with Gasteiger partial charge in [0.15, 0.2) is 0 Å². The lowest BCUT2D eigenvalue weighted by Gasteiger charge is -2.69. The lowest BCUT2D eigenvalue weighted by atomic mass is 9.35. The lowest BCUT2D eigenvalue weighted by molar-refractivity contribution is -0.191. The molecule has 0 radical (unpaired) electrons. The molecule has 0 aromatic rings. The lowest BCUT2D eigenvalue weighted by Crippen LogP contribution is -2.62. The minimum atomic E-state index is -0.0912. The first-order chi connectivity index (χ1) is 13.5. The molecular weight excluding hydrogens is 344 g/mol. The molecule has 8 saturated carbocycles. The van der Waals surface area contributed by atoms with Crippen LogP contribution in [0, 0.1) is 58.7 Å². The van der Waals surface area contributed by atoms with Gasteiger partial charge in [-0.15, -0.1) is 0 Å². The fraction of sp³-hybridized carbons (Fsp3) is 0.885. The molecule has 3 unspecified atom stereocenters. The average Bonchev–Trinajstić information content (AvgIpc) is 2.64. The van der Waals surface area contributed by atoms with Gasteiger partial charge in [0.25, 0.3) is 0 Å². The van der Waals surface area contributed by atoms with E-state index in [9.17, 15) is 4.79 Å². The molecule has 0 spiro atoms. The van der Waals surface area contributed by atoms with E-state index in [1.165, 1.54) is 63.4 Å². The van der Waals surface area contributed by atoms with E-state index in [2.05, 4.69) is 6.92 Å². The number of carbonyl (C=O) groups excluding carboxylic acids is 1. The van der Waals surface area contributed by atoms with Gasteiger partial charge in [-0.05, 0) is 137 Å². The van der Waals surface area contributed by atoms with Gasteiger partial charge in [-0.25, -0.2) is 4.79 Å². The molecule has 8 rings (SSSR count). The molecule has 0 aromatic carbocycles. The highest BCUT2D eigenvalue weighted by Crippen LogP contribution is 2.73. The van der Waals surface area contributed by atoms with E-state index in [1.54, 1.807) is 13.5 Å². The number of rotatable bonds is 3. The zero-order valence-electron chi connectivity index (χ0n) is 18.1. The van der Waals surface area contributed by atoms with E-state index in [4.69, 9.17) is 4.74 Å². The van der Waals surface area contributed by atoms with Crippen molar-refractivity contribution in [3.63, 3.8) is 0 Å². The quantitative estimate of drug-likeness (QED) is 0.441. The Bertz CT molecular complexity index is 676. The molecule has 8 aliphatic carbocycles. The third-order valence-electron chi connectivity index (χ3n) is 10.8. The monoisotopic (exact) mass is 382 g/mol. The van der Waals surface area contributed by atoms with Crippen molar-refractivity contribution in [3.8, 4) is 0 Å². The summed E-state index contributed by atoms with van der Waals surface area (Å²) in [6.07, 6.45) is 15.0. The molecule has 8 bridgehead atoms. The second kappa shape index (κ2) is 6.11. The topological polar surface area (TPSA) is 26.3 Å². The Morgan fingerprint density at radius 1 is 0.750 bits per heavy atom. The Morgan fingerprint density at radius 2 is 1.25 bits per heavy atom. The molecule has 0 N–H and O–H groups in total. The first kappa shape index (κ1) is 18.0. The van der Waals surface area contributed by atoms with Gasteiger partial charge in [0.05, 0.1) is 7.11 Å². The number of hydrogen-bond acceptors (Lipinski definition) is 2. The fourth-order valence-electron chi connectivity index (χ4n) is 10.8. The van der Waals surface area contributed by atoms with Gasteiger partial charge in [-0.1, -0.05) is 5.57 Å². The molecular formula is C26H38O2. The van der Waals surface area contributed by atoms with Crippen LogP contribution in [0.25, 0.3) is 0 Å². The van der Waals surface area contributed by atoms with Crippen molar-refractivity contribution in [1.29, 1.82) is 0 Å². The summed E-state index contributed by atoms with van der Waals surface area (Å²) in [6.45, 7) is 4.34. The molecule has 8 fully saturated rings. The molecule has 0 heterocycles. The third kappa shape index (κ3) is 2.36. The number of allylic oxidation sites excluding steroid dienone is 1. The highest BCUT2D eigenvalue weighted by molar-refractivity contribution is 5.88. The van der Waals surface area contributed by atoms with Crippen LogP contribution in [0.5, 0.6) is 0 Å². The normalized spacial score (nSPS) is 54.0. The SMILES string of the molecule is COC(=O)C(C)=C(C)C1C2CC3CC(C2)CC1(C1C2CC4CC(C2)CC1C4)C3. The summed E-state index contributed by atoms with van der Waals surface area (Å²) in [5.41, 5.74) is 2.84. The maximum Gasteiger partial charge on any atom is 0.333 e. The second-order valence-electron chi connectivity index (χ2n) is 12.1. The van der Waals surface area contributed by atoms with E-state index in [0.717, 1.165) is 52.9 Å². The Labute approximate surface area is 170 Å². The molecule has 0 aliphatic heterocycles. The Hall–Kier alpha value is -0.790. The van der Waals surface area contributed by atoms with Crippen LogP contribution in [0.2, 0.25) is 0 Å². The van der Waals surface area contributed by atoms with Gasteiger partial charge in [0, 0.05) is 5.57 Å². The Balaban J connectivity index is 1.44. The van der Waals surface area contributed by atoms with Gasteiger partial charge in [-0.3, -0.25) is 0 Å².